The molecule has 1 saturated heterocycles. The van der Waals surface area contributed by atoms with Crippen LogP contribution in [0.2, 0.25) is 5.15 Å². The highest BCUT2D eigenvalue weighted by Crippen LogP contribution is 2.35. The van der Waals surface area contributed by atoms with E-state index in [2.05, 4.69) is 35.1 Å². The Morgan fingerprint density at radius 2 is 1.86 bits per heavy atom. The number of nitrogens with two attached hydrogens (primary N) is 1. The highest BCUT2D eigenvalue weighted by Gasteiger charge is 2.36. The molecule has 49 heavy (non-hydrogen) atoms. The maximum atomic E-state index is 14.3. The Kier molecular flexibility index (Phi) is 8.74. The number of benzene rings is 2. The van der Waals surface area contributed by atoms with Gasteiger partial charge in [-0.25, -0.2) is 28.7 Å². The van der Waals surface area contributed by atoms with Gasteiger partial charge in [0, 0.05) is 18.7 Å². The van der Waals surface area contributed by atoms with E-state index in [9.17, 15) is 13.6 Å². The molecule has 3 N–H and O–H groups in total. The number of imidazole rings is 1. The molecule has 0 aliphatic carbocycles. The van der Waals surface area contributed by atoms with Gasteiger partial charge in [0.1, 0.15) is 11.5 Å². The molecule has 1 aliphatic heterocycles. The molecule has 10 nitrogen and oxygen atoms in total. The maximum absolute atomic E-state index is 14.3. The smallest absolute Gasteiger partial charge is 0.230 e. The molecule has 1 aliphatic rings. The molecule has 0 bridgehead atoms. The molecular formula is C36H32ClF2N9O. The fourth-order valence-corrected chi connectivity index (χ4v) is 6.40. The zero-order valence-corrected chi connectivity index (χ0v) is 27.3. The van der Waals surface area contributed by atoms with Crippen molar-refractivity contribution in [2.24, 2.45) is 5.73 Å². The van der Waals surface area contributed by atoms with Gasteiger partial charge in [-0.2, -0.15) is 0 Å². The molecule has 4 aromatic heterocycles. The number of aromatic nitrogens is 6. The topological polar surface area (TPSA) is 128 Å². The van der Waals surface area contributed by atoms with Crippen LogP contribution in [-0.2, 0) is 23.3 Å². The molecule has 0 unspecified atom stereocenters. The minimum Gasteiger partial charge on any atom is -0.368 e. The molecular weight excluding hydrogens is 648 g/mol. The van der Waals surface area contributed by atoms with Gasteiger partial charge in [-0.15, -0.1) is 0 Å². The molecule has 6 aromatic rings. The van der Waals surface area contributed by atoms with Crippen LogP contribution in [0.15, 0.2) is 85.6 Å². The summed E-state index contributed by atoms with van der Waals surface area (Å²) in [4.78, 5) is 37.6. The second-order valence-corrected chi connectivity index (χ2v) is 12.7. The molecule has 13 heteroatoms. The number of nitrogens with one attached hydrogen (secondary N) is 1. The molecule has 1 atom stereocenters. The number of pyridine rings is 2. The lowest BCUT2D eigenvalue weighted by atomic mass is 9.86. The summed E-state index contributed by atoms with van der Waals surface area (Å²) < 4.78 is 29.9. The molecule has 0 saturated carbocycles. The van der Waals surface area contributed by atoms with Crippen LogP contribution in [0, 0.1) is 18.6 Å². The quantitative estimate of drug-likeness (QED) is 0.182. The van der Waals surface area contributed by atoms with Gasteiger partial charge in [0.2, 0.25) is 5.91 Å². The molecule has 0 spiro atoms. The van der Waals surface area contributed by atoms with Crippen LogP contribution < -0.4 is 16.0 Å². The van der Waals surface area contributed by atoms with Crippen LogP contribution in [0.3, 0.4) is 0 Å². The van der Waals surface area contributed by atoms with Gasteiger partial charge < -0.3 is 20.5 Å². The standard InChI is InChI=1S/C36H32ClF2N9O/c1-22-6-8-23(9-7-22)14-32(49)46-34-33-35(43-20-42-34)48(21-44-33)18-25-16-28(24-10-11-26(38)27(39)15-24)41-17-29(25)47-13-3-12-36(40,19-47)30-4-2-5-31(37)45-30/h2,4-11,15-17,20-21H,3,12-14,18-19,40H2,1H3,(H,42,43,46,49)/t36-/m1/s1. The monoisotopic (exact) mass is 679 g/mol. The number of carbonyl (C=O) groups is 1. The van der Waals surface area contributed by atoms with Crippen LogP contribution in [0.4, 0.5) is 20.3 Å². The Morgan fingerprint density at radius 3 is 2.65 bits per heavy atom. The Balaban J connectivity index is 1.22. The van der Waals surface area contributed by atoms with Gasteiger partial charge in [0.15, 0.2) is 28.6 Å². The minimum absolute atomic E-state index is 0.183. The highest BCUT2D eigenvalue weighted by molar-refractivity contribution is 6.29. The summed E-state index contributed by atoms with van der Waals surface area (Å²) in [5.41, 5.74) is 12.4. The molecule has 1 amide bonds. The number of anilines is 2. The van der Waals surface area contributed by atoms with Gasteiger partial charge in [-0.05, 0) is 67.3 Å². The molecule has 248 valence electrons. The Labute approximate surface area is 286 Å². The minimum atomic E-state index is -0.961. The zero-order chi connectivity index (χ0) is 34.1. The largest absolute Gasteiger partial charge is 0.368 e. The van der Waals surface area contributed by atoms with Gasteiger partial charge in [0.05, 0.1) is 48.1 Å². The maximum Gasteiger partial charge on any atom is 0.230 e. The van der Waals surface area contributed by atoms with Crippen LogP contribution in [-0.4, -0.2) is 48.5 Å². The third-order valence-corrected chi connectivity index (χ3v) is 8.97. The number of halogens is 3. The van der Waals surface area contributed by atoms with E-state index in [0.717, 1.165) is 40.9 Å². The first-order valence-corrected chi connectivity index (χ1v) is 16.2. The summed E-state index contributed by atoms with van der Waals surface area (Å²) >= 11 is 6.23. The van der Waals surface area contributed by atoms with Crippen molar-refractivity contribution in [1.29, 1.82) is 0 Å². The average Bonchev–Trinajstić information content (AvgIpc) is 3.50. The first-order valence-electron chi connectivity index (χ1n) is 15.8. The third-order valence-electron chi connectivity index (χ3n) is 8.76. The number of fused-ring (bicyclic) bond motifs is 1. The molecule has 2 aromatic carbocycles. The summed E-state index contributed by atoms with van der Waals surface area (Å²) in [7, 11) is 0. The number of piperidine rings is 1. The lowest BCUT2D eigenvalue weighted by Crippen LogP contribution is -2.52. The number of hydrogen-bond acceptors (Lipinski definition) is 8. The number of amides is 1. The van der Waals surface area contributed by atoms with Crippen molar-refractivity contribution in [1.82, 2.24) is 29.5 Å². The van der Waals surface area contributed by atoms with Crippen molar-refractivity contribution in [3.8, 4) is 11.3 Å². The van der Waals surface area contributed by atoms with E-state index in [-0.39, 0.29) is 12.3 Å². The number of aryl methyl sites for hydroxylation is 1. The predicted molar refractivity (Wildman–Crippen MR) is 184 cm³/mol. The van der Waals surface area contributed by atoms with E-state index in [1.165, 1.54) is 12.4 Å². The van der Waals surface area contributed by atoms with Crippen molar-refractivity contribution < 1.29 is 13.6 Å². The Hall–Kier alpha value is -5.33. The average molecular weight is 680 g/mol. The van der Waals surface area contributed by atoms with Crippen molar-refractivity contribution in [3.63, 3.8) is 0 Å². The zero-order valence-electron chi connectivity index (χ0n) is 26.6. The number of carbonyl (C=O) groups excluding carboxylic acids is 1. The van der Waals surface area contributed by atoms with E-state index in [0.29, 0.717) is 65.1 Å². The number of hydrogen-bond donors (Lipinski definition) is 2. The molecule has 1 fully saturated rings. The second-order valence-electron chi connectivity index (χ2n) is 12.3. The highest BCUT2D eigenvalue weighted by atomic mass is 35.5. The van der Waals surface area contributed by atoms with E-state index in [1.807, 2.05) is 54.0 Å². The van der Waals surface area contributed by atoms with Crippen LogP contribution in [0.25, 0.3) is 22.4 Å². The third kappa shape index (κ3) is 6.83. The van der Waals surface area contributed by atoms with Crippen LogP contribution in [0.1, 0.15) is 35.2 Å². The normalized spacial score (nSPS) is 16.2. The first-order chi connectivity index (χ1) is 23.6. The Bertz CT molecular complexity index is 2170. The summed E-state index contributed by atoms with van der Waals surface area (Å²) in [6, 6.07) is 18.8. The summed E-state index contributed by atoms with van der Waals surface area (Å²) in [5, 5.41) is 3.25. The van der Waals surface area contributed by atoms with E-state index in [1.54, 1.807) is 18.6 Å². The van der Waals surface area contributed by atoms with Gasteiger partial charge in [-0.3, -0.25) is 9.78 Å². The van der Waals surface area contributed by atoms with Crippen molar-refractivity contribution in [2.75, 3.05) is 23.3 Å². The predicted octanol–water partition coefficient (Wildman–Crippen LogP) is 6.21. The Morgan fingerprint density at radius 1 is 1.02 bits per heavy atom. The molecule has 5 heterocycles. The molecule has 0 radical (unpaired) electrons. The fourth-order valence-electron chi connectivity index (χ4n) is 6.24. The van der Waals surface area contributed by atoms with E-state index in [4.69, 9.17) is 17.3 Å². The summed E-state index contributed by atoms with van der Waals surface area (Å²) in [5.74, 6) is -1.82. The lowest BCUT2D eigenvalue weighted by Gasteiger charge is -2.41. The van der Waals surface area contributed by atoms with E-state index >= 15 is 0 Å². The van der Waals surface area contributed by atoms with Crippen LogP contribution in [0.5, 0.6) is 0 Å². The van der Waals surface area contributed by atoms with Gasteiger partial charge in [0.25, 0.3) is 0 Å². The first kappa shape index (κ1) is 32.2. The summed E-state index contributed by atoms with van der Waals surface area (Å²) in [6.07, 6.45) is 6.44. The second kappa shape index (κ2) is 13.3. The van der Waals surface area contributed by atoms with Crippen molar-refractivity contribution >= 4 is 40.2 Å². The van der Waals surface area contributed by atoms with Crippen molar-refractivity contribution in [3.05, 3.63) is 125 Å². The van der Waals surface area contributed by atoms with E-state index < -0.39 is 17.2 Å². The van der Waals surface area contributed by atoms with Crippen LogP contribution >= 0.6 is 11.6 Å². The number of nitrogens with zero attached hydrogens (tertiary/aromatic N) is 7. The fraction of sp³-hybridized carbons (Fsp3) is 0.222. The number of rotatable bonds is 8. The van der Waals surface area contributed by atoms with Crippen molar-refractivity contribution in [2.45, 2.75) is 38.3 Å². The summed E-state index contributed by atoms with van der Waals surface area (Å²) in [6.45, 7) is 3.45. The SMILES string of the molecule is Cc1ccc(CC(=O)Nc2ncnc3c2ncn3Cc2cc(-c3ccc(F)c(F)c3)ncc2N2CCC[C@](N)(c3cccc(Cl)n3)C2)cc1. The van der Waals surface area contributed by atoms with Gasteiger partial charge >= 0.3 is 0 Å². The molecule has 7 rings (SSSR count). The lowest BCUT2D eigenvalue weighted by molar-refractivity contribution is -0.115. The van der Waals surface area contributed by atoms with Gasteiger partial charge in [-0.1, -0.05) is 47.5 Å².